The van der Waals surface area contributed by atoms with Gasteiger partial charge in [0.25, 0.3) is 0 Å². The highest BCUT2D eigenvalue weighted by atomic mass is 16.1. The van der Waals surface area contributed by atoms with E-state index in [-0.39, 0.29) is 17.1 Å². The van der Waals surface area contributed by atoms with Crippen LogP contribution in [0.5, 0.6) is 0 Å². The van der Waals surface area contributed by atoms with Crippen molar-refractivity contribution in [2.75, 3.05) is 0 Å². The highest BCUT2D eigenvalue weighted by Crippen LogP contribution is 2.27. The summed E-state index contributed by atoms with van der Waals surface area (Å²) >= 11 is 0. The number of hydrogen-bond acceptors (Lipinski definition) is 3. The molecule has 0 fully saturated rings. The molecule has 0 aliphatic carbocycles. The molecule has 0 amide bonds. The maximum atomic E-state index is 10.7. The Morgan fingerprint density at radius 2 is 2.08 bits per heavy atom. The summed E-state index contributed by atoms with van der Waals surface area (Å²) in [4.78, 5) is 13.2. The Hall–Kier alpha value is -1.10. The van der Waals surface area contributed by atoms with Crippen molar-refractivity contribution in [3.05, 3.63) is 16.3 Å². The number of rotatable bonds is 1. The predicted octanol–water partition coefficient (Wildman–Crippen LogP) is 0.144. The average molecular weight is 170 g/mol. The van der Waals surface area contributed by atoms with E-state index in [1.54, 1.807) is 0 Å². The molecule has 0 saturated carbocycles. The van der Waals surface area contributed by atoms with E-state index < -0.39 is 0 Å². The van der Waals surface area contributed by atoms with Crippen LogP contribution in [-0.2, 0) is 0 Å². The van der Waals surface area contributed by atoms with Gasteiger partial charge >= 0.3 is 5.69 Å². The third-order valence-corrected chi connectivity index (χ3v) is 1.75. The van der Waals surface area contributed by atoms with Crippen molar-refractivity contribution in [2.45, 2.75) is 26.8 Å². The van der Waals surface area contributed by atoms with Crippen LogP contribution >= 0.6 is 0 Å². The summed E-state index contributed by atoms with van der Waals surface area (Å²) in [6.45, 7) is 5.97. The molecule has 12 heavy (non-hydrogen) atoms. The first kappa shape index (κ1) is 8.99. The van der Waals surface area contributed by atoms with Gasteiger partial charge < -0.3 is 5.73 Å². The summed E-state index contributed by atoms with van der Waals surface area (Å²) in [6, 6.07) is -0.253. The van der Waals surface area contributed by atoms with Crippen LogP contribution in [0.3, 0.4) is 0 Å². The molecule has 1 unspecified atom stereocenters. The van der Waals surface area contributed by atoms with E-state index in [1.807, 2.05) is 20.8 Å². The van der Waals surface area contributed by atoms with Crippen LogP contribution in [0, 0.1) is 5.41 Å². The second-order valence-electron chi connectivity index (χ2n) is 3.91. The molecule has 0 aliphatic heterocycles. The number of nitrogens with one attached hydrogen (secondary N) is 2. The fraction of sp³-hybridized carbons (Fsp3) is 0.714. The Bertz CT molecular complexity index is 306. The fourth-order valence-corrected chi connectivity index (χ4v) is 0.841. The molecule has 0 saturated heterocycles. The van der Waals surface area contributed by atoms with E-state index >= 15 is 0 Å². The lowest BCUT2D eigenvalue weighted by Crippen LogP contribution is -2.27. The van der Waals surface area contributed by atoms with Gasteiger partial charge in [0.2, 0.25) is 0 Å². The largest absolute Gasteiger partial charge is 0.340 e. The zero-order chi connectivity index (χ0) is 9.35. The average Bonchev–Trinajstić information content (AvgIpc) is 2.32. The summed E-state index contributed by atoms with van der Waals surface area (Å²) in [5.74, 6) is 0.507. The van der Waals surface area contributed by atoms with E-state index in [0.717, 1.165) is 0 Å². The van der Waals surface area contributed by atoms with Crippen LogP contribution in [-0.4, -0.2) is 15.2 Å². The topological polar surface area (TPSA) is 87.6 Å². The number of nitrogens with two attached hydrogens (primary N) is 1. The first-order chi connectivity index (χ1) is 5.41. The van der Waals surface area contributed by atoms with Gasteiger partial charge in [0, 0.05) is 0 Å². The van der Waals surface area contributed by atoms with Gasteiger partial charge in [0.05, 0.1) is 6.04 Å². The van der Waals surface area contributed by atoms with E-state index in [4.69, 9.17) is 5.73 Å². The van der Waals surface area contributed by atoms with Crippen LogP contribution in [0.4, 0.5) is 0 Å². The van der Waals surface area contributed by atoms with Crippen LogP contribution in [0.2, 0.25) is 0 Å². The van der Waals surface area contributed by atoms with Crippen LogP contribution in [0.15, 0.2) is 4.79 Å². The van der Waals surface area contributed by atoms with E-state index in [9.17, 15) is 4.79 Å². The normalized spacial score (nSPS) is 14.7. The minimum absolute atomic E-state index is 0.0991. The molecular formula is C7H14N4O. The lowest BCUT2D eigenvalue weighted by atomic mass is 9.87. The maximum absolute atomic E-state index is 10.7. The van der Waals surface area contributed by atoms with Gasteiger partial charge in [-0.25, -0.2) is 9.89 Å². The minimum atomic E-state index is -0.315. The van der Waals surface area contributed by atoms with Gasteiger partial charge in [-0.2, -0.15) is 5.10 Å². The third-order valence-electron chi connectivity index (χ3n) is 1.75. The van der Waals surface area contributed by atoms with Gasteiger partial charge in [-0.1, -0.05) is 20.8 Å². The smallest absolute Gasteiger partial charge is 0.321 e. The first-order valence-electron chi connectivity index (χ1n) is 3.81. The van der Waals surface area contributed by atoms with Crippen molar-refractivity contribution in [3.63, 3.8) is 0 Å². The number of H-pyrrole nitrogens is 2. The molecular weight excluding hydrogens is 156 g/mol. The third kappa shape index (κ3) is 1.73. The molecule has 0 aliphatic rings. The molecule has 68 valence electrons. The molecule has 1 aromatic rings. The van der Waals surface area contributed by atoms with Gasteiger partial charge in [0.15, 0.2) is 0 Å². The Kier molecular flexibility index (Phi) is 2.06. The van der Waals surface area contributed by atoms with Crippen molar-refractivity contribution in [3.8, 4) is 0 Å². The Balaban J connectivity index is 2.92. The first-order valence-corrected chi connectivity index (χ1v) is 3.81. The zero-order valence-electron chi connectivity index (χ0n) is 7.51. The lowest BCUT2D eigenvalue weighted by molar-refractivity contribution is 0.316. The molecule has 1 rings (SSSR count). The molecule has 1 aromatic heterocycles. The second-order valence-corrected chi connectivity index (χ2v) is 3.91. The van der Waals surface area contributed by atoms with Crippen LogP contribution < -0.4 is 11.4 Å². The Labute approximate surface area is 70.4 Å². The van der Waals surface area contributed by atoms with E-state index in [2.05, 4.69) is 15.2 Å². The van der Waals surface area contributed by atoms with Crippen LogP contribution in [0.25, 0.3) is 0 Å². The molecule has 4 N–H and O–H groups in total. The summed E-state index contributed by atoms with van der Waals surface area (Å²) in [5, 5.41) is 6.04. The molecule has 0 bridgehead atoms. The second kappa shape index (κ2) is 2.75. The molecule has 0 spiro atoms. The maximum Gasteiger partial charge on any atom is 0.340 e. The highest BCUT2D eigenvalue weighted by molar-refractivity contribution is 4.95. The summed E-state index contributed by atoms with van der Waals surface area (Å²) in [5.41, 5.74) is 5.42. The molecule has 0 radical (unpaired) electrons. The van der Waals surface area contributed by atoms with Crippen molar-refractivity contribution in [1.29, 1.82) is 0 Å². The van der Waals surface area contributed by atoms with Crippen molar-refractivity contribution in [1.82, 2.24) is 15.2 Å². The quantitative estimate of drug-likeness (QED) is 0.560. The number of hydrogen-bond donors (Lipinski definition) is 3. The number of nitrogens with zero attached hydrogens (tertiary/aromatic N) is 1. The summed E-state index contributed by atoms with van der Waals surface area (Å²) in [6.07, 6.45) is 0. The minimum Gasteiger partial charge on any atom is -0.321 e. The monoisotopic (exact) mass is 170 g/mol. The van der Waals surface area contributed by atoms with Gasteiger partial charge in [-0.05, 0) is 5.41 Å². The number of aromatic amines is 2. The molecule has 5 nitrogen and oxygen atoms in total. The van der Waals surface area contributed by atoms with E-state index in [1.165, 1.54) is 0 Å². The molecule has 0 aromatic carbocycles. The summed E-state index contributed by atoms with van der Waals surface area (Å²) < 4.78 is 0. The standard InChI is InChI=1S/C7H14N4O/c1-7(2,3)4(8)5-9-6(12)11-10-5/h4H,8H2,1-3H3,(H2,9,10,11,12). The Morgan fingerprint density at radius 1 is 1.50 bits per heavy atom. The van der Waals surface area contributed by atoms with Crippen molar-refractivity contribution in [2.24, 2.45) is 11.1 Å². The molecule has 5 heteroatoms. The highest BCUT2D eigenvalue weighted by Gasteiger charge is 2.24. The van der Waals surface area contributed by atoms with Gasteiger partial charge in [-0.15, -0.1) is 0 Å². The van der Waals surface area contributed by atoms with Gasteiger partial charge in [-0.3, -0.25) is 4.98 Å². The predicted molar refractivity (Wildman–Crippen MR) is 45.6 cm³/mol. The SMILES string of the molecule is CC(C)(C)C(N)c1n[nH]c(=O)[nH]1. The zero-order valence-corrected chi connectivity index (χ0v) is 7.51. The summed E-state index contributed by atoms with van der Waals surface area (Å²) in [7, 11) is 0. The van der Waals surface area contributed by atoms with Crippen molar-refractivity contribution >= 4 is 0 Å². The lowest BCUT2D eigenvalue weighted by Gasteiger charge is -2.24. The molecule has 1 heterocycles. The number of aromatic nitrogens is 3. The Morgan fingerprint density at radius 3 is 2.42 bits per heavy atom. The molecule has 1 atom stereocenters. The van der Waals surface area contributed by atoms with E-state index in [0.29, 0.717) is 5.82 Å². The van der Waals surface area contributed by atoms with Crippen molar-refractivity contribution < 1.29 is 0 Å². The van der Waals surface area contributed by atoms with Crippen LogP contribution in [0.1, 0.15) is 32.6 Å². The van der Waals surface area contributed by atoms with Gasteiger partial charge in [0.1, 0.15) is 5.82 Å². The fourth-order valence-electron chi connectivity index (χ4n) is 0.841.